The monoisotopic (exact) mass is 516 g/mol. The van der Waals surface area contributed by atoms with Gasteiger partial charge in [0, 0.05) is 43.8 Å². The zero-order valence-corrected chi connectivity index (χ0v) is 22.6. The number of rotatable bonds is 7. The highest BCUT2D eigenvalue weighted by atomic mass is 35.5. The van der Waals surface area contributed by atoms with Crippen LogP contribution < -0.4 is 9.64 Å². The van der Waals surface area contributed by atoms with Crippen molar-refractivity contribution in [3.8, 4) is 5.75 Å². The van der Waals surface area contributed by atoms with Crippen molar-refractivity contribution in [2.45, 2.75) is 27.2 Å². The predicted molar refractivity (Wildman–Crippen MR) is 150 cm³/mol. The number of aliphatic hydroxyl groups excluding tert-OH is 1. The molecule has 1 heterocycles. The summed E-state index contributed by atoms with van der Waals surface area (Å²) < 4.78 is 5.42. The number of piperazine rings is 1. The van der Waals surface area contributed by atoms with E-state index < -0.39 is 0 Å². The largest absolute Gasteiger partial charge is 0.491 e. The van der Waals surface area contributed by atoms with Gasteiger partial charge in [-0.05, 0) is 43.2 Å². The molecule has 4 rings (SSSR count). The Balaban J connectivity index is 0.000000407. The van der Waals surface area contributed by atoms with Gasteiger partial charge in [0.05, 0.1) is 17.3 Å². The van der Waals surface area contributed by atoms with Gasteiger partial charge < -0.3 is 14.7 Å². The SMILES string of the molecule is CC.Cc1ccc(CCN2CCN(c3ccc(OCCO)cc3Cl)CC2)cc1.Clc1ccccc1. The fraction of sp³-hybridized carbons (Fsp3) is 0.379. The van der Waals surface area contributed by atoms with Gasteiger partial charge in [-0.1, -0.05) is 85.1 Å². The minimum atomic E-state index is 0.00389. The van der Waals surface area contributed by atoms with Crippen molar-refractivity contribution in [1.29, 1.82) is 0 Å². The molecule has 0 unspecified atom stereocenters. The third-order valence-electron chi connectivity index (χ3n) is 5.56. The Morgan fingerprint density at radius 3 is 2.06 bits per heavy atom. The van der Waals surface area contributed by atoms with E-state index in [0.29, 0.717) is 10.8 Å². The molecule has 0 atom stereocenters. The Bertz CT molecular complexity index is 960. The van der Waals surface area contributed by atoms with E-state index in [1.165, 1.54) is 11.1 Å². The maximum absolute atomic E-state index is 8.84. The minimum Gasteiger partial charge on any atom is -0.491 e. The molecule has 0 saturated carbocycles. The van der Waals surface area contributed by atoms with Gasteiger partial charge in [0.25, 0.3) is 0 Å². The molecule has 0 aliphatic carbocycles. The number of aryl methyl sites for hydroxylation is 1. The molecule has 0 spiro atoms. The molecule has 1 fully saturated rings. The van der Waals surface area contributed by atoms with Crippen LogP contribution in [0.3, 0.4) is 0 Å². The van der Waals surface area contributed by atoms with Crippen LogP contribution in [0.1, 0.15) is 25.0 Å². The van der Waals surface area contributed by atoms with Gasteiger partial charge in [-0.3, -0.25) is 4.90 Å². The average molecular weight is 518 g/mol. The Labute approximate surface area is 221 Å². The topological polar surface area (TPSA) is 35.9 Å². The average Bonchev–Trinajstić information content (AvgIpc) is 2.90. The molecule has 3 aromatic rings. The van der Waals surface area contributed by atoms with Crippen LogP contribution in [0.4, 0.5) is 5.69 Å². The van der Waals surface area contributed by atoms with E-state index in [1.54, 1.807) is 0 Å². The lowest BCUT2D eigenvalue weighted by Gasteiger charge is -2.36. The summed E-state index contributed by atoms with van der Waals surface area (Å²) in [5.41, 5.74) is 3.77. The number of aliphatic hydroxyl groups is 1. The fourth-order valence-electron chi connectivity index (χ4n) is 3.67. The molecule has 0 aromatic heterocycles. The van der Waals surface area contributed by atoms with E-state index in [9.17, 15) is 0 Å². The van der Waals surface area contributed by atoms with Crippen LogP contribution in [0.2, 0.25) is 10.0 Å². The molecule has 35 heavy (non-hydrogen) atoms. The molecule has 1 N–H and O–H groups in total. The van der Waals surface area contributed by atoms with Gasteiger partial charge in [0.2, 0.25) is 0 Å². The first-order valence-electron chi connectivity index (χ1n) is 12.3. The lowest BCUT2D eigenvalue weighted by Crippen LogP contribution is -2.47. The van der Waals surface area contributed by atoms with Crippen LogP contribution in [0.25, 0.3) is 0 Å². The molecular formula is C29H38Cl2N2O2. The maximum Gasteiger partial charge on any atom is 0.121 e. The normalized spacial score (nSPS) is 13.3. The van der Waals surface area contributed by atoms with E-state index in [2.05, 4.69) is 41.0 Å². The first-order chi connectivity index (χ1) is 17.0. The highest BCUT2D eigenvalue weighted by molar-refractivity contribution is 6.33. The van der Waals surface area contributed by atoms with Crippen molar-refractivity contribution in [3.05, 3.63) is 94.0 Å². The third-order valence-corrected chi connectivity index (χ3v) is 6.12. The lowest BCUT2D eigenvalue weighted by molar-refractivity contribution is 0.201. The predicted octanol–water partition coefficient (Wildman–Crippen LogP) is 6.75. The van der Waals surface area contributed by atoms with Gasteiger partial charge >= 0.3 is 0 Å². The molecule has 0 radical (unpaired) electrons. The van der Waals surface area contributed by atoms with E-state index in [4.69, 9.17) is 33.0 Å². The molecule has 1 aliphatic rings. The van der Waals surface area contributed by atoms with Gasteiger partial charge in [-0.25, -0.2) is 0 Å². The Morgan fingerprint density at radius 2 is 1.51 bits per heavy atom. The molecule has 6 heteroatoms. The molecular weight excluding hydrogens is 479 g/mol. The van der Waals surface area contributed by atoms with Crippen molar-refractivity contribution >= 4 is 28.9 Å². The van der Waals surface area contributed by atoms with Gasteiger partial charge in [-0.2, -0.15) is 0 Å². The molecule has 3 aromatic carbocycles. The Hall–Kier alpha value is -2.24. The van der Waals surface area contributed by atoms with Gasteiger partial charge in [0.1, 0.15) is 12.4 Å². The van der Waals surface area contributed by atoms with Crippen LogP contribution >= 0.6 is 23.2 Å². The minimum absolute atomic E-state index is 0.00389. The van der Waals surface area contributed by atoms with Crippen LogP contribution in [0.15, 0.2) is 72.8 Å². The summed E-state index contributed by atoms with van der Waals surface area (Å²) in [5.74, 6) is 0.699. The molecule has 4 nitrogen and oxygen atoms in total. The van der Waals surface area contributed by atoms with Gasteiger partial charge in [-0.15, -0.1) is 0 Å². The number of halogens is 2. The highest BCUT2D eigenvalue weighted by Gasteiger charge is 2.19. The van der Waals surface area contributed by atoms with E-state index >= 15 is 0 Å². The second-order valence-electron chi connectivity index (χ2n) is 8.05. The number of benzene rings is 3. The van der Waals surface area contributed by atoms with E-state index in [1.807, 2.05) is 62.4 Å². The first kappa shape index (κ1) is 29.0. The van der Waals surface area contributed by atoms with Crippen LogP contribution in [-0.2, 0) is 6.42 Å². The van der Waals surface area contributed by atoms with Gasteiger partial charge in [0.15, 0.2) is 0 Å². The molecule has 1 aliphatic heterocycles. The Kier molecular flexibility index (Phi) is 13.6. The van der Waals surface area contributed by atoms with Crippen molar-refractivity contribution in [2.75, 3.05) is 50.8 Å². The number of anilines is 1. The number of hydrogen-bond donors (Lipinski definition) is 1. The zero-order chi connectivity index (χ0) is 25.5. The number of nitrogens with zero attached hydrogens (tertiary/aromatic N) is 2. The summed E-state index contributed by atoms with van der Waals surface area (Å²) in [6.45, 7) is 11.6. The van der Waals surface area contributed by atoms with E-state index in [0.717, 1.165) is 49.9 Å². The second kappa shape index (κ2) is 16.4. The molecule has 1 saturated heterocycles. The van der Waals surface area contributed by atoms with Crippen molar-refractivity contribution in [1.82, 2.24) is 4.90 Å². The third kappa shape index (κ3) is 10.5. The number of hydrogen-bond acceptors (Lipinski definition) is 4. The standard InChI is InChI=1S/C21H27ClN2O2.C6H5Cl.C2H6/c1-17-2-4-18(5-3-17)8-9-23-10-12-24(13-11-23)21-7-6-19(16-20(21)22)26-15-14-25;7-6-4-2-1-3-5-6;1-2/h2-7,16,25H,8-15H2,1H3;1-5H;1-2H3. The van der Waals surface area contributed by atoms with Crippen molar-refractivity contribution in [3.63, 3.8) is 0 Å². The smallest absolute Gasteiger partial charge is 0.121 e. The van der Waals surface area contributed by atoms with Crippen LogP contribution in [0.5, 0.6) is 5.75 Å². The highest BCUT2D eigenvalue weighted by Crippen LogP contribution is 2.30. The summed E-state index contributed by atoms with van der Waals surface area (Å²) >= 11 is 12.0. The molecule has 190 valence electrons. The van der Waals surface area contributed by atoms with Crippen molar-refractivity contribution in [2.24, 2.45) is 0 Å². The molecule has 0 bridgehead atoms. The number of ether oxygens (including phenoxy) is 1. The maximum atomic E-state index is 8.84. The summed E-state index contributed by atoms with van der Waals surface area (Å²) in [7, 11) is 0. The zero-order valence-electron chi connectivity index (χ0n) is 21.1. The van der Waals surface area contributed by atoms with Crippen molar-refractivity contribution < 1.29 is 9.84 Å². The first-order valence-corrected chi connectivity index (χ1v) is 13.1. The van der Waals surface area contributed by atoms with Crippen LogP contribution in [0, 0.1) is 6.92 Å². The summed E-state index contributed by atoms with van der Waals surface area (Å²) in [6.07, 6.45) is 1.10. The fourth-order valence-corrected chi connectivity index (χ4v) is 4.10. The van der Waals surface area contributed by atoms with Crippen LogP contribution in [-0.4, -0.2) is 55.9 Å². The summed E-state index contributed by atoms with van der Waals surface area (Å²) in [6, 6.07) is 24.0. The molecule has 0 amide bonds. The Morgan fingerprint density at radius 1 is 0.857 bits per heavy atom. The summed E-state index contributed by atoms with van der Waals surface area (Å²) in [5, 5.41) is 10.3. The summed E-state index contributed by atoms with van der Waals surface area (Å²) in [4.78, 5) is 4.85. The lowest BCUT2D eigenvalue weighted by atomic mass is 10.1. The second-order valence-corrected chi connectivity index (χ2v) is 8.89. The quantitative estimate of drug-likeness (QED) is 0.376. The van der Waals surface area contributed by atoms with E-state index in [-0.39, 0.29) is 13.2 Å².